The highest BCUT2D eigenvalue weighted by Gasteiger charge is 2.06. The van der Waals surface area contributed by atoms with Gasteiger partial charge in [-0.25, -0.2) is 13.6 Å². The van der Waals surface area contributed by atoms with Crippen LogP contribution in [0.25, 0.3) is 0 Å². The van der Waals surface area contributed by atoms with E-state index in [1.54, 1.807) is 6.07 Å². The first-order valence-electron chi connectivity index (χ1n) is 3.95. The minimum atomic E-state index is -3.41. The maximum atomic E-state index is 10.8. The lowest BCUT2D eigenvalue weighted by atomic mass is 10.1. The van der Waals surface area contributed by atoms with Crippen LogP contribution < -0.4 is 5.14 Å². The van der Waals surface area contributed by atoms with E-state index in [1.165, 1.54) is 0 Å². The molecule has 0 atom stereocenters. The second-order valence-electron chi connectivity index (χ2n) is 3.24. The molecule has 0 aromatic heterocycles. The molecule has 0 bridgehead atoms. The van der Waals surface area contributed by atoms with E-state index in [9.17, 15) is 8.42 Å². The first-order valence-corrected chi connectivity index (χ1v) is 5.66. The number of nitrogens with two attached hydrogens (primary N) is 1. The number of rotatable bonds is 2. The van der Waals surface area contributed by atoms with E-state index >= 15 is 0 Å². The summed E-state index contributed by atoms with van der Waals surface area (Å²) in [7, 11) is -3.41. The van der Waals surface area contributed by atoms with E-state index in [-0.39, 0.29) is 5.75 Å². The molecule has 4 heteroatoms. The SMILES string of the molecule is Cc1ccc(CS(N)(=O)=O)c(C)c1. The Morgan fingerprint density at radius 3 is 2.38 bits per heavy atom. The summed E-state index contributed by atoms with van der Waals surface area (Å²) in [5, 5.41) is 4.95. The largest absolute Gasteiger partial charge is 0.228 e. The Balaban J connectivity index is 3.04. The van der Waals surface area contributed by atoms with Crippen molar-refractivity contribution >= 4 is 10.0 Å². The second-order valence-corrected chi connectivity index (χ2v) is 4.85. The lowest BCUT2D eigenvalue weighted by Gasteiger charge is -2.04. The third-order valence-electron chi connectivity index (χ3n) is 1.85. The van der Waals surface area contributed by atoms with Gasteiger partial charge >= 0.3 is 0 Å². The van der Waals surface area contributed by atoms with Gasteiger partial charge in [0, 0.05) is 0 Å². The number of benzene rings is 1. The van der Waals surface area contributed by atoms with E-state index < -0.39 is 10.0 Å². The van der Waals surface area contributed by atoms with E-state index in [1.807, 2.05) is 26.0 Å². The van der Waals surface area contributed by atoms with Gasteiger partial charge in [0.25, 0.3) is 0 Å². The minimum Gasteiger partial charge on any atom is -0.228 e. The molecule has 0 saturated heterocycles. The molecule has 1 aromatic rings. The third kappa shape index (κ3) is 3.16. The van der Waals surface area contributed by atoms with Gasteiger partial charge in [0.2, 0.25) is 10.0 Å². The summed E-state index contributed by atoms with van der Waals surface area (Å²) in [5.41, 5.74) is 2.86. The topological polar surface area (TPSA) is 60.2 Å². The fraction of sp³-hybridized carbons (Fsp3) is 0.333. The lowest BCUT2D eigenvalue weighted by molar-refractivity contribution is 0.597. The Hall–Kier alpha value is -0.870. The summed E-state index contributed by atoms with van der Waals surface area (Å²) in [6, 6.07) is 5.63. The first-order chi connectivity index (χ1) is 5.88. The van der Waals surface area contributed by atoms with Crippen molar-refractivity contribution in [3.8, 4) is 0 Å². The molecule has 0 aliphatic heterocycles. The Labute approximate surface area is 78.6 Å². The standard InChI is InChI=1S/C9H13NO2S/c1-7-3-4-9(8(2)5-7)6-13(10,11)12/h3-5H,6H2,1-2H3,(H2,10,11,12). The normalized spacial score (nSPS) is 11.6. The Kier molecular flexibility index (Phi) is 2.73. The van der Waals surface area contributed by atoms with Gasteiger partial charge in [-0.2, -0.15) is 0 Å². The van der Waals surface area contributed by atoms with E-state index in [0.29, 0.717) is 0 Å². The van der Waals surface area contributed by atoms with Crippen molar-refractivity contribution in [3.05, 3.63) is 34.9 Å². The average molecular weight is 199 g/mol. The quantitative estimate of drug-likeness (QED) is 0.775. The zero-order chi connectivity index (χ0) is 10.1. The predicted octanol–water partition coefficient (Wildman–Crippen LogP) is 1.09. The zero-order valence-corrected chi connectivity index (χ0v) is 8.56. The smallest absolute Gasteiger partial charge is 0.213 e. The molecule has 72 valence electrons. The molecule has 3 nitrogen and oxygen atoms in total. The van der Waals surface area contributed by atoms with E-state index in [2.05, 4.69) is 0 Å². The van der Waals surface area contributed by atoms with Gasteiger partial charge < -0.3 is 0 Å². The van der Waals surface area contributed by atoms with Crippen LogP contribution in [0.3, 0.4) is 0 Å². The number of hydrogen-bond donors (Lipinski definition) is 1. The molecular formula is C9H13NO2S. The van der Waals surface area contributed by atoms with Crippen LogP contribution in [-0.4, -0.2) is 8.42 Å². The van der Waals surface area contributed by atoms with Crippen molar-refractivity contribution in [2.45, 2.75) is 19.6 Å². The van der Waals surface area contributed by atoms with Crippen LogP contribution in [0.5, 0.6) is 0 Å². The highest BCUT2D eigenvalue weighted by molar-refractivity contribution is 7.88. The molecule has 2 N–H and O–H groups in total. The maximum absolute atomic E-state index is 10.8. The highest BCUT2D eigenvalue weighted by Crippen LogP contribution is 2.12. The number of sulfonamides is 1. The van der Waals surface area contributed by atoms with Crippen LogP contribution in [0.15, 0.2) is 18.2 Å². The molecule has 0 spiro atoms. The molecule has 0 fully saturated rings. The van der Waals surface area contributed by atoms with Gasteiger partial charge in [0.1, 0.15) is 0 Å². The van der Waals surface area contributed by atoms with Gasteiger partial charge in [0.05, 0.1) is 5.75 Å². The van der Waals surface area contributed by atoms with Gasteiger partial charge in [-0.1, -0.05) is 23.8 Å². The molecule has 1 aromatic carbocycles. The van der Waals surface area contributed by atoms with Crippen molar-refractivity contribution < 1.29 is 8.42 Å². The fourth-order valence-corrected chi connectivity index (χ4v) is 1.98. The molecule has 0 aliphatic rings. The predicted molar refractivity (Wildman–Crippen MR) is 52.7 cm³/mol. The van der Waals surface area contributed by atoms with Crippen molar-refractivity contribution in [1.82, 2.24) is 0 Å². The van der Waals surface area contributed by atoms with Crippen molar-refractivity contribution in [2.75, 3.05) is 0 Å². The van der Waals surface area contributed by atoms with Gasteiger partial charge in [-0.3, -0.25) is 0 Å². The van der Waals surface area contributed by atoms with Crippen molar-refractivity contribution in [2.24, 2.45) is 5.14 Å². The van der Waals surface area contributed by atoms with Gasteiger partial charge in [-0.05, 0) is 25.0 Å². The molecule has 13 heavy (non-hydrogen) atoms. The Morgan fingerprint density at radius 1 is 1.31 bits per heavy atom. The van der Waals surface area contributed by atoms with Crippen LogP contribution in [0.2, 0.25) is 0 Å². The molecule has 0 heterocycles. The molecule has 0 amide bonds. The average Bonchev–Trinajstić information content (AvgIpc) is 1.93. The van der Waals surface area contributed by atoms with E-state index in [4.69, 9.17) is 5.14 Å². The first kappa shape index (κ1) is 10.2. The summed E-state index contributed by atoms with van der Waals surface area (Å²) < 4.78 is 21.6. The Morgan fingerprint density at radius 2 is 1.92 bits per heavy atom. The van der Waals surface area contributed by atoms with Crippen LogP contribution in [-0.2, 0) is 15.8 Å². The third-order valence-corrected chi connectivity index (χ3v) is 2.57. The van der Waals surface area contributed by atoms with Gasteiger partial charge in [0.15, 0.2) is 0 Å². The lowest BCUT2D eigenvalue weighted by Crippen LogP contribution is -2.15. The van der Waals surface area contributed by atoms with Crippen molar-refractivity contribution in [1.29, 1.82) is 0 Å². The van der Waals surface area contributed by atoms with Gasteiger partial charge in [-0.15, -0.1) is 0 Å². The van der Waals surface area contributed by atoms with Crippen LogP contribution in [0.4, 0.5) is 0 Å². The van der Waals surface area contributed by atoms with Crippen molar-refractivity contribution in [3.63, 3.8) is 0 Å². The number of aryl methyl sites for hydroxylation is 2. The number of primary sulfonamides is 1. The molecule has 0 aliphatic carbocycles. The summed E-state index contributed by atoms with van der Waals surface area (Å²) >= 11 is 0. The second kappa shape index (κ2) is 3.47. The Bertz CT molecular complexity index is 410. The molecular weight excluding hydrogens is 186 g/mol. The van der Waals surface area contributed by atoms with E-state index in [0.717, 1.165) is 16.7 Å². The minimum absolute atomic E-state index is 0.0842. The molecule has 0 saturated carbocycles. The molecule has 0 unspecified atom stereocenters. The highest BCUT2D eigenvalue weighted by atomic mass is 32.2. The monoisotopic (exact) mass is 199 g/mol. The zero-order valence-electron chi connectivity index (χ0n) is 7.74. The van der Waals surface area contributed by atoms with Crippen LogP contribution >= 0.6 is 0 Å². The molecule has 0 radical (unpaired) electrons. The van der Waals surface area contributed by atoms with Crippen LogP contribution in [0.1, 0.15) is 16.7 Å². The fourth-order valence-electron chi connectivity index (χ4n) is 1.22. The number of hydrogen-bond acceptors (Lipinski definition) is 2. The summed E-state index contributed by atoms with van der Waals surface area (Å²) in [5.74, 6) is -0.0842. The molecule has 1 rings (SSSR count). The van der Waals surface area contributed by atoms with Crippen LogP contribution in [0, 0.1) is 13.8 Å². The maximum Gasteiger partial charge on any atom is 0.213 e. The summed E-state index contributed by atoms with van der Waals surface area (Å²) in [6.07, 6.45) is 0. The summed E-state index contributed by atoms with van der Waals surface area (Å²) in [6.45, 7) is 3.85. The summed E-state index contributed by atoms with van der Waals surface area (Å²) in [4.78, 5) is 0.